The summed E-state index contributed by atoms with van der Waals surface area (Å²) in [5, 5.41) is 0. The molecule has 1 heterocycles. The molecule has 0 unspecified atom stereocenters. The van der Waals surface area contributed by atoms with E-state index in [0.29, 0.717) is 12.2 Å². The molecule has 2 N–H and O–H groups in total. The minimum atomic E-state index is -4.26. The van der Waals surface area contributed by atoms with Gasteiger partial charge in [-0.3, -0.25) is 4.57 Å². The fourth-order valence-corrected chi connectivity index (χ4v) is 1.85. The average molecular weight is 212 g/mol. The molecule has 0 saturated carbocycles. The molecule has 1 aromatic carbocycles. The molecule has 0 aromatic heterocycles. The Morgan fingerprint density at radius 3 is 2.71 bits per heavy atom. The Balaban J connectivity index is 2.35. The van der Waals surface area contributed by atoms with E-state index in [4.69, 9.17) is 14.5 Å². The van der Waals surface area contributed by atoms with Crippen molar-refractivity contribution in [2.24, 2.45) is 0 Å². The van der Waals surface area contributed by atoms with Crippen molar-refractivity contribution in [1.82, 2.24) is 0 Å². The van der Waals surface area contributed by atoms with Gasteiger partial charge in [0.2, 0.25) is 5.50 Å². The van der Waals surface area contributed by atoms with Crippen LogP contribution in [0.1, 0.15) is 5.56 Å². The van der Waals surface area contributed by atoms with Crippen molar-refractivity contribution in [3.8, 4) is 5.75 Å². The van der Waals surface area contributed by atoms with E-state index in [1.807, 2.05) is 12.1 Å². The molecule has 0 spiro atoms. The van der Waals surface area contributed by atoms with E-state index in [9.17, 15) is 4.57 Å². The Morgan fingerprint density at radius 2 is 2.00 bits per heavy atom. The Labute approximate surface area is 81.0 Å². The minimum Gasteiger partial charge on any atom is -0.449 e. The van der Waals surface area contributed by atoms with Gasteiger partial charge in [-0.1, -0.05) is 18.2 Å². The molecule has 5 heteroatoms. The number of hydrogen-bond acceptors (Lipinski definition) is 2. The average Bonchev–Trinajstić information content (AvgIpc) is 2.16. The highest BCUT2D eigenvalue weighted by Crippen LogP contribution is 2.47. The molecule has 1 aromatic rings. The zero-order valence-electron chi connectivity index (χ0n) is 7.25. The first-order valence-electron chi connectivity index (χ1n) is 4.09. The molecular weight excluding hydrogens is 203 g/mol. The van der Waals surface area contributed by atoms with E-state index >= 15 is 0 Å². The molecular formula is C9H9O4P. The third-order valence-corrected chi connectivity index (χ3v) is 2.82. The number of benzene rings is 1. The van der Waals surface area contributed by atoms with Crippen LogP contribution in [0.5, 0.6) is 5.75 Å². The molecule has 0 amide bonds. The summed E-state index contributed by atoms with van der Waals surface area (Å²) in [6.45, 7) is 0. The lowest BCUT2D eigenvalue weighted by Crippen LogP contribution is -2.04. The lowest BCUT2D eigenvalue weighted by atomic mass is 10.1. The Morgan fingerprint density at radius 1 is 1.29 bits per heavy atom. The molecule has 4 nitrogen and oxygen atoms in total. The maximum absolute atomic E-state index is 10.9. The molecule has 74 valence electrons. The Bertz CT molecular complexity index is 432. The first-order chi connectivity index (χ1) is 6.57. The van der Waals surface area contributed by atoms with E-state index < -0.39 is 7.60 Å². The van der Waals surface area contributed by atoms with Crippen LogP contribution in [0.15, 0.2) is 35.8 Å². The van der Waals surface area contributed by atoms with Crippen molar-refractivity contribution in [3.05, 3.63) is 41.4 Å². The summed E-state index contributed by atoms with van der Waals surface area (Å²) in [6, 6.07) is 7.18. The first-order valence-corrected chi connectivity index (χ1v) is 5.70. The van der Waals surface area contributed by atoms with Gasteiger partial charge in [0.05, 0.1) is 0 Å². The van der Waals surface area contributed by atoms with Gasteiger partial charge in [0.15, 0.2) is 0 Å². The highest BCUT2D eigenvalue weighted by atomic mass is 31.2. The van der Waals surface area contributed by atoms with Crippen molar-refractivity contribution >= 4 is 7.60 Å². The minimum absolute atomic E-state index is 0.254. The van der Waals surface area contributed by atoms with Gasteiger partial charge in [-0.05, 0) is 24.1 Å². The highest BCUT2D eigenvalue weighted by molar-refractivity contribution is 7.56. The maximum atomic E-state index is 10.9. The lowest BCUT2D eigenvalue weighted by molar-refractivity contribution is 0.339. The quantitative estimate of drug-likeness (QED) is 0.694. The van der Waals surface area contributed by atoms with Gasteiger partial charge in [0.1, 0.15) is 5.75 Å². The molecule has 1 aliphatic rings. The van der Waals surface area contributed by atoms with E-state index in [0.717, 1.165) is 5.56 Å². The number of allylic oxidation sites excluding steroid dienone is 1. The molecule has 0 atom stereocenters. The molecule has 1 aliphatic heterocycles. The van der Waals surface area contributed by atoms with E-state index in [-0.39, 0.29) is 5.50 Å². The fraction of sp³-hybridized carbons (Fsp3) is 0.111. The summed E-state index contributed by atoms with van der Waals surface area (Å²) in [4.78, 5) is 17.8. The highest BCUT2D eigenvalue weighted by Gasteiger charge is 2.26. The number of rotatable bonds is 1. The second kappa shape index (κ2) is 3.24. The second-order valence-corrected chi connectivity index (χ2v) is 4.53. The largest absolute Gasteiger partial charge is 0.449 e. The van der Waals surface area contributed by atoms with Gasteiger partial charge in [-0.25, -0.2) is 0 Å². The molecule has 2 rings (SSSR count). The summed E-state index contributed by atoms with van der Waals surface area (Å²) in [5.74, 6) is 0.522. The predicted octanol–water partition coefficient (Wildman–Crippen LogP) is 1.64. The van der Waals surface area contributed by atoms with Crippen molar-refractivity contribution in [3.63, 3.8) is 0 Å². The molecule has 0 fully saturated rings. The summed E-state index contributed by atoms with van der Waals surface area (Å²) in [6.07, 6.45) is 1.92. The Kier molecular flexibility index (Phi) is 2.19. The summed E-state index contributed by atoms with van der Waals surface area (Å²) in [5.41, 5.74) is 0.681. The maximum Gasteiger partial charge on any atom is 0.390 e. The van der Waals surface area contributed by atoms with Gasteiger partial charge >= 0.3 is 7.60 Å². The van der Waals surface area contributed by atoms with Crippen LogP contribution in [0, 0.1) is 0 Å². The summed E-state index contributed by atoms with van der Waals surface area (Å²) < 4.78 is 16.0. The lowest BCUT2D eigenvalue weighted by Gasteiger charge is -2.18. The monoisotopic (exact) mass is 212 g/mol. The van der Waals surface area contributed by atoms with E-state index in [1.165, 1.54) is 6.08 Å². The van der Waals surface area contributed by atoms with Crippen molar-refractivity contribution < 1.29 is 19.1 Å². The first kappa shape index (κ1) is 9.46. The van der Waals surface area contributed by atoms with Gasteiger partial charge in [-0.15, -0.1) is 0 Å². The number of ether oxygens (including phenoxy) is 1. The number of fused-ring (bicyclic) bond motifs is 1. The summed E-state index contributed by atoms with van der Waals surface area (Å²) >= 11 is 0. The van der Waals surface area contributed by atoms with Crippen LogP contribution in [-0.4, -0.2) is 9.79 Å². The van der Waals surface area contributed by atoms with Crippen LogP contribution in [-0.2, 0) is 11.0 Å². The standard InChI is InChI=1S/C9H9O4P/c10-14(11,12)9-6-5-7-3-1-2-4-8(7)13-9/h1-4,6H,5H2,(H2,10,11,12). The third kappa shape index (κ3) is 1.73. The normalized spacial score (nSPS) is 15.4. The SMILES string of the molecule is O=P(O)(O)C1=CCc2ccccc2O1. The van der Waals surface area contributed by atoms with Gasteiger partial charge in [0.25, 0.3) is 0 Å². The van der Waals surface area contributed by atoms with Crippen molar-refractivity contribution in [1.29, 1.82) is 0 Å². The molecule has 0 bridgehead atoms. The van der Waals surface area contributed by atoms with Gasteiger partial charge in [0, 0.05) is 0 Å². The third-order valence-electron chi connectivity index (χ3n) is 1.97. The van der Waals surface area contributed by atoms with Crippen molar-refractivity contribution in [2.75, 3.05) is 0 Å². The van der Waals surface area contributed by atoms with Crippen LogP contribution >= 0.6 is 7.60 Å². The van der Waals surface area contributed by atoms with Crippen LogP contribution in [0.4, 0.5) is 0 Å². The van der Waals surface area contributed by atoms with Crippen LogP contribution < -0.4 is 4.74 Å². The zero-order valence-corrected chi connectivity index (χ0v) is 8.15. The molecule has 0 radical (unpaired) electrons. The number of hydrogen-bond donors (Lipinski definition) is 2. The summed E-state index contributed by atoms with van der Waals surface area (Å²) in [7, 11) is -4.26. The van der Waals surface area contributed by atoms with Crippen LogP contribution in [0.25, 0.3) is 0 Å². The topological polar surface area (TPSA) is 66.8 Å². The number of para-hydroxylation sites is 1. The molecule has 0 saturated heterocycles. The predicted molar refractivity (Wildman–Crippen MR) is 50.9 cm³/mol. The second-order valence-electron chi connectivity index (χ2n) is 3.00. The fourth-order valence-electron chi connectivity index (χ4n) is 1.30. The smallest absolute Gasteiger partial charge is 0.390 e. The zero-order chi connectivity index (χ0) is 10.2. The van der Waals surface area contributed by atoms with Gasteiger partial charge in [-0.2, -0.15) is 0 Å². The Hall–Kier alpha value is -1.09. The van der Waals surface area contributed by atoms with Crippen molar-refractivity contribution in [2.45, 2.75) is 6.42 Å². The van der Waals surface area contributed by atoms with Gasteiger partial charge < -0.3 is 14.5 Å². The van der Waals surface area contributed by atoms with Crippen LogP contribution in [0.2, 0.25) is 0 Å². The molecule has 0 aliphatic carbocycles. The van der Waals surface area contributed by atoms with E-state index in [1.54, 1.807) is 12.1 Å². The molecule has 14 heavy (non-hydrogen) atoms. The van der Waals surface area contributed by atoms with E-state index in [2.05, 4.69) is 0 Å². The van der Waals surface area contributed by atoms with Crippen LogP contribution in [0.3, 0.4) is 0 Å².